The van der Waals surface area contributed by atoms with Gasteiger partial charge in [0, 0.05) is 18.5 Å². The Morgan fingerprint density at radius 2 is 2.19 bits per heavy atom. The second-order valence-corrected chi connectivity index (χ2v) is 5.22. The van der Waals surface area contributed by atoms with Crippen LogP contribution in [-0.4, -0.2) is 41.8 Å². The third kappa shape index (κ3) is 2.22. The standard InChI is InChI=1S/C15H15N3O3/c1-18-6-7-19-13(8-18)14-16-15(21-17-14)11-9-20-12-5-3-2-4-10(11)12/h2-5,9,13H,6-8H2,1H3/t13-/m0/s1. The molecule has 0 bridgehead atoms. The molecule has 3 aromatic rings. The van der Waals surface area contributed by atoms with E-state index in [4.69, 9.17) is 13.7 Å². The number of hydrogen-bond acceptors (Lipinski definition) is 6. The van der Waals surface area contributed by atoms with Crippen LogP contribution in [0.4, 0.5) is 0 Å². The maximum Gasteiger partial charge on any atom is 0.261 e. The molecule has 21 heavy (non-hydrogen) atoms. The van der Waals surface area contributed by atoms with Gasteiger partial charge in [0.05, 0.1) is 12.2 Å². The third-order valence-corrected chi connectivity index (χ3v) is 3.71. The number of furan rings is 1. The Morgan fingerprint density at radius 3 is 3.10 bits per heavy atom. The Labute approximate surface area is 121 Å². The van der Waals surface area contributed by atoms with Crippen molar-refractivity contribution in [2.24, 2.45) is 0 Å². The van der Waals surface area contributed by atoms with Gasteiger partial charge in [-0.05, 0) is 13.1 Å². The summed E-state index contributed by atoms with van der Waals surface area (Å²) < 4.78 is 16.6. The van der Waals surface area contributed by atoms with Gasteiger partial charge in [0.2, 0.25) is 5.82 Å². The lowest BCUT2D eigenvalue weighted by Crippen LogP contribution is -2.35. The Balaban J connectivity index is 1.68. The maximum absolute atomic E-state index is 5.70. The van der Waals surface area contributed by atoms with Crippen LogP contribution in [0, 0.1) is 0 Å². The minimum Gasteiger partial charge on any atom is -0.463 e. The molecule has 0 saturated carbocycles. The highest BCUT2D eigenvalue weighted by Crippen LogP contribution is 2.30. The first-order chi connectivity index (χ1) is 10.3. The number of nitrogens with zero attached hydrogens (tertiary/aromatic N) is 3. The van der Waals surface area contributed by atoms with Crippen LogP contribution in [0.25, 0.3) is 22.4 Å². The molecule has 3 heterocycles. The molecule has 0 unspecified atom stereocenters. The predicted octanol–water partition coefficient (Wildman–Crippen LogP) is 2.49. The number of benzene rings is 1. The van der Waals surface area contributed by atoms with Crippen LogP contribution < -0.4 is 0 Å². The van der Waals surface area contributed by atoms with Gasteiger partial charge in [-0.1, -0.05) is 23.4 Å². The molecule has 108 valence electrons. The average molecular weight is 285 g/mol. The molecule has 1 saturated heterocycles. The summed E-state index contributed by atoms with van der Waals surface area (Å²) in [6.07, 6.45) is 1.51. The SMILES string of the molecule is CN1CCO[C@H](c2noc(-c3coc4ccccc34)n2)C1. The number of ether oxygens (including phenoxy) is 1. The maximum atomic E-state index is 5.70. The van der Waals surface area contributed by atoms with Crippen molar-refractivity contribution < 1.29 is 13.7 Å². The zero-order chi connectivity index (χ0) is 14.2. The van der Waals surface area contributed by atoms with E-state index in [0.717, 1.165) is 29.6 Å². The number of morpholine rings is 1. The van der Waals surface area contributed by atoms with Crippen LogP contribution in [0.3, 0.4) is 0 Å². The molecule has 0 N–H and O–H groups in total. The largest absolute Gasteiger partial charge is 0.463 e. The van der Waals surface area contributed by atoms with Crippen molar-refractivity contribution in [3.63, 3.8) is 0 Å². The average Bonchev–Trinajstić information content (AvgIpc) is 3.14. The van der Waals surface area contributed by atoms with Gasteiger partial charge in [-0.3, -0.25) is 0 Å². The first-order valence-electron chi connectivity index (χ1n) is 6.91. The van der Waals surface area contributed by atoms with Crippen LogP contribution in [0.1, 0.15) is 11.9 Å². The Kier molecular flexibility index (Phi) is 2.98. The molecule has 1 aliphatic heterocycles. The van der Waals surface area contributed by atoms with Crippen LogP contribution >= 0.6 is 0 Å². The van der Waals surface area contributed by atoms with Crippen molar-refractivity contribution in [2.75, 3.05) is 26.7 Å². The lowest BCUT2D eigenvalue weighted by Gasteiger charge is -2.27. The van der Waals surface area contributed by atoms with Crippen molar-refractivity contribution in [2.45, 2.75) is 6.10 Å². The van der Waals surface area contributed by atoms with E-state index in [0.29, 0.717) is 18.3 Å². The summed E-state index contributed by atoms with van der Waals surface area (Å²) in [5.74, 6) is 1.05. The monoisotopic (exact) mass is 285 g/mol. The van der Waals surface area contributed by atoms with E-state index >= 15 is 0 Å². The van der Waals surface area contributed by atoms with E-state index in [1.54, 1.807) is 6.26 Å². The van der Waals surface area contributed by atoms with E-state index in [-0.39, 0.29) is 6.10 Å². The van der Waals surface area contributed by atoms with Crippen molar-refractivity contribution >= 4 is 11.0 Å². The van der Waals surface area contributed by atoms with E-state index in [1.165, 1.54) is 0 Å². The topological polar surface area (TPSA) is 64.5 Å². The quantitative estimate of drug-likeness (QED) is 0.720. The van der Waals surface area contributed by atoms with Crippen molar-refractivity contribution in [3.8, 4) is 11.5 Å². The first kappa shape index (κ1) is 12.6. The lowest BCUT2D eigenvalue weighted by atomic mass is 10.2. The predicted molar refractivity (Wildman–Crippen MR) is 75.7 cm³/mol. The molecule has 2 aromatic heterocycles. The number of para-hydroxylation sites is 1. The van der Waals surface area contributed by atoms with Crippen LogP contribution in [0.15, 0.2) is 39.5 Å². The van der Waals surface area contributed by atoms with Crippen molar-refractivity contribution in [3.05, 3.63) is 36.4 Å². The van der Waals surface area contributed by atoms with Gasteiger partial charge in [-0.25, -0.2) is 0 Å². The Hall–Kier alpha value is -2.18. The fourth-order valence-corrected chi connectivity index (χ4v) is 2.55. The molecule has 6 heteroatoms. The fraction of sp³-hybridized carbons (Fsp3) is 0.333. The Bertz CT molecular complexity index is 764. The molecule has 0 amide bonds. The molecule has 0 aliphatic carbocycles. The van der Waals surface area contributed by atoms with Gasteiger partial charge >= 0.3 is 0 Å². The van der Waals surface area contributed by atoms with Crippen molar-refractivity contribution in [1.29, 1.82) is 0 Å². The molecule has 1 atom stereocenters. The molecule has 0 spiro atoms. The van der Waals surface area contributed by atoms with Crippen molar-refractivity contribution in [1.82, 2.24) is 15.0 Å². The minimum atomic E-state index is -0.139. The van der Waals surface area contributed by atoms with Gasteiger partial charge in [0.25, 0.3) is 5.89 Å². The Morgan fingerprint density at radius 1 is 1.29 bits per heavy atom. The molecular weight excluding hydrogens is 270 g/mol. The second-order valence-electron chi connectivity index (χ2n) is 5.22. The van der Waals surface area contributed by atoms with Crippen LogP contribution in [-0.2, 0) is 4.74 Å². The number of fused-ring (bicyclic) bond motifs is 1. The molecule has 1 fully saturated rings. The third-order valence-electron chi connectivity index (χ3n) is 3.71. The number of hydrogen-bond donors (Lipinski definition) is 0. The minimum absolute atomic E-state index is 0.139. The summed E-state index contributed by atoms with van der Waals surface area (Å²) in [5.41, 5.74) is 1.62. The lowest BCUT2D eigenvalue weighted by molar-refractivity contribution is -0.0264. The zero-order valence-corrected chi connectivity index (χ0v) is 11.7. The summed E-state index contributed by atoms with van der Waals surface area (Å²) in [5, 5.41) is 5.02. The van der Waals surface area contributed by atoms with Gasteiger partial charge in [0.1, 0.15) is 18.0 Å². The number of aromatic nitrogens is 2. The van der Waals surface area contributed by atoms with E-state index in [9.17, 15) is 0 Å². The molecule has 1 aromatic carbocycles. The van der Waals surface area contributed by atoms with Gasteiger partial charge in [0.15, 0.2) is 0 Å². The molecule has 0 radical (unpaired) electrons. The fourth-order valence-electron chi connectivity index (χ4n) is 2.55. The first-order valence-corrected chi connectivity index (χ1v) is 6.91. The van der Waals surface area contributed by atoms with E-state index in [1.807, 2.05) is 24.3 Å². The number of likely N-dealkylation sites (N-methyl/N-ethyl adjacent to an activating group) is 1. The highest BCUT2D eigenvalue weighted by molar-refractivity contribution is 5.91. The highest BCUT2D eigenvalue weighted by Gasteiger charge is 2.25. The van der Waals surface area contributed by atoms with E-state index < -0.39 is 0 Å². The summed E-state index contributed by atoms with van der Waals surface area (Å²) in [6.45, 7) is 2.37. The van der Waals surface area contributed by atoms with Crippen LogP contribution in [0.2, 0.25) is 0 Å². The molecule has 6 nitrogen and oxygen atoms in total. The smallest absolute Gasteiger partial charge is 0.261 e. The van der Waals surface area contributed by atoms with Crippen LogP contribution in [0.5, 0.6) is 0 Å². The molecular formula is C15H15N3O3. The summed E-state index contributed by atoms with van der Waals surface area (Å²) in [4.78, 5) is 6.66. The summed E-state index contributed by atoms with van der Waals surface area (Å²) >= 11 is 0. The molecule has 4 rings (SSSR count). The normalized spacial score (nSPS) is 20.1. The summed E-state index contributed by atoms with van der Waals surface area (Å²) in [6, 6.07) is 7.77. The molecule has 1 aliphatic rings. The van der Waals surface area contributed by atoms with Gasteiger partial charge in [-0.2, -0.15) is 4.98 Å². The highest BCUT2D eigenvalue weighted by atomic mass is 16.5. The number of rotatable bonds is 2. The zero-order valence-electron chi connectivity index (χ0n) is 11.7. The summed E-state index contributed by atoms with van der Waals surface area (Å²) in [7, 11) is 2.06. The van der Waals surface area contributed by atoms with E-state index in [2.05, 4.69) is 22.1 Å². The second kappa shape index (κ2) is 4.98. The van der Waals surface area contributed by atoms with Gasteiger partial charge in [-0.15, -0.1) is 0 Å². The van der Waals surface area contributed by atoms with Gasteiger partial charge < -0.3 is 18.6 Å².